The molecule has 0 saturated heterocycles. The molecule has 0 aliphatic carbocycles. The van der Waals surface area contributed by atoms with Gasteiger partial charge in [0.1, 0.15) is 33.0 Å². The third kappa shape index (κ3) is 10.1. The summed E-state index contributed by atoms with van der Waals surface area (Å²) in [6.07, 6.45) is -4.33. The molecule has 0 amide bonds. The first kappa shape index (κ1) is 42.4. The molecule has 3 heterocycles. The first-order valence-electron chi connectivity index (χ1n) is 18.3. The number of aromatic hydroxyl groups is 1. The Morgan fingerprint density at radius 1 is 0.661 bits per heavy atom. The fourth-order valence-electron chi connectivity index (χ4n) is 6.68. The molecule has 0 aliphatic heterocycles. The van der Waals surface area contributed by atoms with Crippen molar-refractivity contribution < 1.29 is 38.4 Å². The number of hydrogen-bond acceptors (Lipinski definition) is 4. The minimum Gasteiger partial charge on any atom is -0.573 e. The van der Waals surface area contributed by atoms with Crippen molar-refractivity contribution in [2.75, 3.05) is 0 Å². The number of aromatic nitrogens is 4. The summed E-state index contributed by atoms with van der Waals surface area (Å²) < 4.78 is 39.4. The average molecular weight is 979 g/mol. The predicted octanol–water partition coefficient (Wildman–Crippen LogP) is 9.96. The first-order valence-corrected chi connectivity index (χ1v) is 19.8. The van der Waals surface area contributed by atoms with Crippen molar-refractivity contribution in [2.24, 2.45) is 0 Å². The van der Waals surface area contributed by atoms with Crippen LogP contribution in [0.25, 0.3) is 27.5 Å². The van der Waals surface area contributed by atoms with Crippen molar-refractivity contribution in [3.8, 4) is 28.4 Å². The van der Waals surface area contributed by atoms with E-state index in [1.807, 2.05) is 31.2 Å². The largest absolute Gasteiger partial charge is 0.573 e. The quantitative estimate of drug-likeness (QED) is 0.115. The van der Waals surface area contributed by atoms with Crippen molar-refractivity contribution in [3.05, 3.63) is 216 Å². The third-order valence-corrected chi connectivity index (χ3v) is 12.4. The Labute approximate surface area is 355 Å². The Bertz CT molecular complexity index is 2560. The molecule has 1 unspecified atom stereocenters. The summed E-state index contributed by atoms with van der Waals surface area (Å²) in [4.78, 5) is 13.1. The van der Waals surface area contributed by atoms with Gasteiger partial charge in [0.2, 0.25) is 0 Å². The van der Waals surface area contributed by atoms with Crippen LogP contribution in [0.3, 0.4) is 0 Å². The molecule has 1 radical (unpaired) electrons. The van der Waals surface area contributed by atoms with Gasteiger partial charge in [-0.15, -0.1) is 23.8 Å². The van der Waals surface area contributed by atoms with Gasteiger partial charge in [-0.05, 0) is 91.3 Å². The topological polar surface area (TPSA) is 77.4 Å². The number of nitrogens with zero attached hydrogens (tertiary/aromatic N) is 5. The molecule has 8 rings (SSSR count). The van der Waals surface area contributed by atoms with E-state index in [0.29, 0.717) is 40.3 Å². The van der Waals surface area contributed by atoms with Crippen LogP contribution in [0.15, 0.2) is 176 Å². The number of alkyl halides is 3. The Morgan fingerprint density at radius 2 is 1.19 bits per heavy atom. The van der Waals surface area contributed by atoms with E-state index >= 15 is 0 Å². The number of para-hydroxylation sites is 1. The maximum Gasteiger partial charge on any atom is 0.431 e. The molecule has 3 aromatic heterocycles. The van der Waals surface area contributed by atoms with Gasteiger partial charge in [-0.2, -0.15) is 19.2 Å². The molecule has 1 N–H and O–H groups in total. The minimum atomic E-state index is -4.62. The summed E-state index contributed by atoms with van der Waals surface area (Å²) in [5.74, 6) is 0.103. The Balaban J connectivity index is 0.000000245. The third-order valence-electron chi connectivity index (χ3n) is 9.63. The predicted molar refractivity (Wildman–Crippen MR) is 225 cm³/mol. The van der Waals surface area contributed by atoms with Crippen molar-refractivity contribution in [1.82, 2.24) is 20.2 Å². The zero-order chi connectivity index (χ0) is 40.5. The zero-order valence-corrected chi connectivity index (χ0v) is 35.0. The van der Waals surface area contributed by atoms with Gasteiger partial charge in [0.15, 0.2) is 0 Å². The van der Waals surface area contributed by atoms with E-state index in [0.717, 1.165) is 6.07 Å². The molecule has 5 aromatic carbocycles. The second kappa shape index (κ2) is 19.0. The number of rotatable bonds is 9. The van der Waals surface area contributed by atoms with Crippen LogP contribution in [0.1, 0.15) is 29.6 Å². The number of pyridine rings is 2. The van der Waals surface area contributed by atoms with E-state index in [4.69, 9.17) is 16.5 Å². The zero-order valence-electron chi connectivity index (χ0n) is 31.6. The number of phenols is 1. The van der Waals surface area contributed by atoms with Gasteiger partial charge in [-0.1, -0.05) is 96.7 Å². The molecule has 0 fully saturated rings. The van der Waals surface area contributed by atoms with E-state index in [-0.39, 0.29) is 37.2 Å². The van der Waals surface area contributed by atoms with Crippen LogP contribution < -0.4 is 21.0 Å². The van der Waals surface area contributed by atoms with Gasteiger partial charge < -0.3 is 20.3 Å². The summed E-state index contributed by atoms with van der Waals surface area (Å²) in [5.41, 5.74) is 1.68. The van der Waals surface area contributed by atoms with Gasteiger partial charge in [0.05, 0.1) is 25.6 Å². The summed E-state index contributed by atoms with van der Waals surface area (Å²) in [6.45, 7) is 9.23. The molecule has 11 heteroatoms. The second-order valence-electron chi connectivity index (χ2n) is 13.6. The fraction of sp³-hybridized carbons (Fsp3) is 0.0833. The number of phenolic OH excluding ortho intramolecular Hbond substituents is 1. The molecule has 0 spiro atoms. The van der Waals surface area contributed by atoms with E-state index in [1.54, 1.807) is 54.6 Å². The van der Waals surface area contributed by atoms with Gasteiger partial charge in [-0.25, -0.2) is 0 Å². The van der Waals surface area contributed by atoms with Gasteiger partial charge >= 0.3 is 6.18 Å². The molecule has 6 nitrogen and oxygen atoms in total. The fourth-order valence-corrected chi connectivity index (χ4v) is 9.25. The summed E-state index contributed by atoms with van der Waals surface area (Å²) >= 11 is 0. The maximum absolute atomic E-state index is 13.1. The molecule has 1 atom stereocenters. The molecule has 295 valence electrons. The number of hydrogen-bond donors (Lipinski definition) is 1. The minimum absolute atomic E-state index is 0. The SMILES string of the molecule is [C-]#[N+]c1cc[c-]c(-c2cccc(C(C)(Cc3ccccc3O)c3cccc(-c4cc(C(F)(F)F)n[n-]4)n3)n2)c1.[Ir].c1ccc([PH+](c2ccccc2)c2ccccc2)cc1. The molecule has 0 saturated carbocycles. The number of benzene rings is 5. The van der Waals surface area contributed by atoms with Crippen LogP contribution in [-0.2, 0) is 38.1 Å². The molecular formula is C48H36F3IrN5OP-. The van der Waals surface area contributed by atoms with Crippen LogP contribution in [0.5, 0.6) is 5.75 Å². The van der Waals surface area contributed by atoms with Crippen molar-refractivity contribution >= 4 is 29.5 Å². The monoisotopic (exact) mass is 979 g/mol. The van der Waals surface area contributed by atoms with Gasteiger partial charge in [-0.3, -0.25) is 9.83 Å². The van der Waals surface area contributed by atoms with Crippen LogP contribution in [0.2, 0.25) is 0 Å². The Hall–Kier alpha value is -6.23. The smallest absolute Gasteiger partial charge is 0.431 e. The Morgan fingerprint density at radius 3 is 1.71 bits per heavy atom. The summed E-state index contributed by atoms with van der Waals surface area (Å²) in [5, 5.41) is 21.8. The van der Waals surface area contributed by atoms with E-state index in [9.17, 15) is 18.3 Å². The van der Waals surface area contributed by atoms with Crippen LogP contribution in [-0.4, -0.2) is 20.2 Å². The van der Waals surface area contributed by atoms with Crippen LogP contribution in [0, 0.1) is 12.6 Å². The standard InChI is InChI=1S/C30H20F3N5O.C18H15P.Ir/c1-29(18-20-8-3-4-13-25(20)39,26-14-6-11-22(35-26)19-9-5-10-21(16-19)34-2)27-15-7-12-23(36-27)24-17-28(38-37-24)30(31,32)33;1-4-10-16(11-5-1)19(17-12-6-2-7-13-17)18-14-8-3-9-15-18;/h3-8,10-17H,18H2,1H3,(H-,36,37,38,39);1-15H;/q-2;;/p+1. The molecule has 59 heavy (non-hydrogen) atoms. The number of halogens is 3. The van der Waals surface area contributed by atoms with Gasteiger partial charge in [0, 0.05) is 31.5 Å². The average Bonchev–Trinajstić information content (AvgIpc) is 3.78. The molecule has 0 aliphatic rings. The molecule has 8 aromatic rings. The van der Waals surface area contributed by atoms with E-state index in [1.165, 1.54) is 15.9 Å². The normalized spacial score (nSPS) is 12.0. The maximum atomic E-state index is 13.1. The molecular weight excluding hydrogens is 943 g/mol. The van der Waals surface area contributed by atoms with Gasteiger partial charge in [0.25, 0.3) is 0 Å². The van der Waals surface area contributed by atoms with Crippen LogP contribution >= 0.6 is 7.92 Å². The first-order chi connectivity index (χ1) is 28.1. The second-order valence-corrected chi connectivity index (χ2v) is 16.1. The van der Waals surface area contributed by atoms with E-state index in [2.05, 4.69) is 112 Å². The van der Waals surface area contributed by atoms with Crippen molar-refractivity contribution in [3.63, 3.8) is 0 Å². The van der Waals surface area contributed by atoms with Crippen LogP contribution in [0.4, 0.5) is 18.9 Å². The summed E-state index contributed by atoms with van der Waals surface area (Å²) in [6, 6.07) is 58.9. The van der Waals surface area contributed by atoms with Crippen molar-refractivity contribution in [2.45, 2.75) is 24.9 Å². The molecule has 0 bridgehead atoms. The van der Waals surface area contributed by atoms with Crippen molar-refractivity contribution in [1.29, 1.82) is 0 Å². The van der Waals surface area contributed by atoms with E-state index < -0.39 is 25.2 Å². The Kier molecular flexibility index (Phi) is 13.7. The summed E-state index contributed by atoms with van der Waals surface area (Å²) in [7, 11) is -0.877.